The third kappa shape index (κ3) is 11.7. The number of aliphatic imine (C=N–C) groups is 1. The Hall–Kier alpha value is -3.46. The predicted molar refractivity (Wildman–Crippen MR) is 111 cm³/mol. The van der Waals surface area contributed by atoms with E-state index in [2.05, 4.69) is 15.6 Å². The maximum absolute atomic E-state index is 12.7. The first kappa shape index (κ1) is 28.5. The molecule has 32 heavy (non-hydrogen) atoms. The molecule has 0 aliphatic heterocycles. The molecule has 182 valence electrons. The van der Waals surface area contributed by atoms with Gasteiger partial charge in [-0.25, -0.2) is 4.79 Å². The van der Waals surface area contributed by atoms with Crippen LogP contribution >= 0.6 is 0 Å². The maximum atomic E-state index is 12.7. The highest BCUT2D eigenvalue weighted by Gasteiger charge is 2.30. The molecule has 0 radical (unpaired) electrons. The second kappa shape index (κ2) is 14.5. The van der Waals surface area contributed by atoms with Gasteiger partial charge in [0.25, 0.3) is 0 Å². The van der Waals surface area contributed by atoms with Crippen molar-refractivity contribution in [1.29, 1.82) is 0 Å². The van der Waals surface area contributed by atoms with Crippen LogP contribution in [0.4, 0.5) is 0 Å². The first-order valence-corrected chi connectivity index (χ1v) is 9.66. The normalized spacial score (nSPS) is 14.2. The molecule has 0 aromatic rings. The van der Waals surface area contributed by atoms with Gasteiger partial charge in [0, 0.05) is 13.0 Å². The van der Waals surface area contributed by atoms with Crippen LogP contribution < -0.4 is 33.2 Å². The predicted octanol–water partition coefficient (Wildman–Crippen LogP) is -4.22. The summed E-state index contributed by atoms with van der Waals surface area (Å²) in [5.74, 6) is -5.43. The number of nitrogens with two attached hydrogens (primary N) is 3. The Morgan fingerprint density at radius 3 is 1.81 bits per heavy atom. The number of aliphatic carboxylic acids is 2. The van der Waals surface area contributed by atoms with Gasteiger partial charge >= 0.3 is 11.9 Å². The van der Waals surface area contributed by atoms with Crippen LogP contribution in [0, 0.1) is 0 Å². The van der Waals surface area contributed by atoms with E-state index in [0.717, 1.165) is 0 Å². The first-order valence-electron chi connectivity index (χ1n) is 9.66. The van der Waals surface area contributed by atoms with Crippen LogP contribution in [-0.4, -0.2) is 88.3 Å². The van der Waals surface area contributed by atoms with Crippen molar-refractivity contribution in [3.63, 3.8) is 0 Å². The number of aliphatic hydroxyl groups excluding tert-OH is 1. The van der Waals surface area contributed by atoms with Gasteiger partial charge in [-0.1, -0.05) is 0 Å². The smallest absolute Gasteiger partial charge is 0.328 e. The molecule has 0 bridgehead atoms. The summed E-state index contributed by atoms with van der Waals surface area (Å²) < 4.78 is 0. The van der Waals surface area contributed by atoms with Crippen LogP contribution in [0.2, 0.25) is 0 Å². The van der Waals surface area contributed by atoms with Crippen molar-refractivity contribution in [3.8, 4) is 0 Å². The zero-order chi connectivity index (χ0) is 24.8. The zero-order valence-electron chi connectivity index (χ0n) is 17.6. The molecule has 0 unspecified atom stereocenters. The molecular formula is C17H31N7O8. The number of rotatable bonds is 15. The van der Waals surface area contributed by atoms with E-state index < -0.39 is 66.9 Å². The molecule has 15 heteroatoms. The number of hydrogen-bond acceptors (Lipinski definition) is 8. The fraction of sp³-hybridized carbons (Fsp3) is 0.647. The number of nitrogens with zero attached hydrogens (tertiary/aromatic N) is 1. The summed E-state index contributed by atoms with van der Waals surface area (Å²) in [5, 5.41) is 33.6. The Labute approximate surface area is 183 Å². The third-order valence-electron chi connectivity index (χ3n) is 4.07. The van der Waals surface area contributed by atoms with E-state index in [0.29, 0.717) is 0 Å². The van der Waals surface area contributed by atoms with E-state index >= 15 is 0 Å². The summed E-state index contributed by atoms with van der Waals surface area (Å²) in [5.41, 5.74) is 16.0. The molecule has 0 rings (SSSR count). The molecule has 0 fully saturated rings. The summed E-state index contributed by atoms with van der Waals surface area (Å²) >= 11 is 0. The number of hydrogen-bond donors (Lipinski definition) is 9. The molecule has 12 N–H and O–H groups in total. The minimum absolute atomic E-state index is 0.0583. The molecular weight excluding hydrogens is 430 g/mol. The lowest BCUT2D eigenvalue weighted by molar-refractivity contribution is -0.144. The van der Waals surface area contributed by atoms with Crippen LogP contribution in [-0.2, 0) is 24.0 Å². The second-order valence-electron chi connectivity index (χ2n) is 6.87. The molecule has 3 amide bonds. The highest BCUT2D eigenvalue weighted by Crippen LogP contribution is 2.04. The molecule has 0 aromatic carbocycles. The fourth-order valence-electron chi connectivity index (χ4n) is 2.34. The zero-order valence-corrected chi connectivity index (χ0v) is 17.6. The largest absolute Gasteiger partial charge is 0.481 e. The maximum Gasteiger partial charge on any atom is 0.328 e. The van der Waals surface area contributed by atoms with E-state index in [1.54, 1.807) is 0 Å². The standard InChI is InChI=1S/C17H31N7O8/c1-8(18)13(28)22-9(3-2-6-21-17(19)20)14(29)23-10(4-5-12(26)27)15(30)24-11(7-25)16(31)32/h8-11,25H,2-7,18H2,1H3,(H,22,28)(H,23,29)(H,24,30)(H,26,27)(H,31,32)(H4,19,20,21)/t8-,9-,10-,11-/m0/s1. The van der Waals surface area contributed by atoms with E-state index in [1.165, 1.54) is 6.92 Å². The van der Waals surface area contributed by atoms with Gasteiger partial charge in [-0.15, -0.1) is 0 Å². The monoisotopic (exact) mass is 461 g/mol. The Morgan fingerprint density at radius 1 is 0.875 bits per heavy atom. The number of nitrogens with one attached hydrogen (secondary N) is 3. The van der Waals surface area contributed by atoms with Crippen LogP contribution in [0.5, 0.6) is 0 Å². The molecule has 0 aromatic heterocycles. The molecule has 0 saturated carbocycles. The number of carboxylic acids is 2. The van der Waals surface area contributed by atoms with E-state index in [4.69, 9.17) is 32.5 Å². The fourth-order valence-corrected chi connectivity index (χ4v) is 2.34. The summed E-state index contributed by atoms with van der Waals surface area (Å²) in [6.45, 7) is 0.631. The summed E-state index contributed by atoms with van der Waals surface area (Å²) in [6.07, 6.45) is -0.557. The lowest BCUT2D eigenvalue weighted by Crippen LogP contribution is -2.57. The molecule has 0 spiro atoms. The van der Waals surface area contributed by atoms with Gasteiger partial charge in [0.2, 0.25) is 17.7 Å². The van der Waals surface area contributed by atoms with Crippen molar-refractivity contribution in [2.75, 3.05) is 13.2 Å². The number of carbonyl (C=O) groups excluding carboxylic acids is 3. The second-order valence-corrected chi connectivity index (χ2v) is 6.87. The molecule has 0 saturated heterocycles. The van der Waals surface area contributed by atoms with Gasteiger partial charge in [-0.05, 0) is 26.2 Å². The van der Waals surface area contributed by atoms with Crippen LogP contribution in [0.1, 0.15) is 32.6 Å². The van der Waals surface area contributed by atoms with Gasteiger partial charge in [-0.3, -0.25) is 24.2 Å². The van der Waals surface area contributed by atoms with Crippen molar-refractivity contribution >= 4 is 35.6 Å². The van der Waals surface area contributed by atoms with Gasteiger partial charge in [0.15, 0.2) is 5.96 Å². The minimum Gasteiger partial charge on any atom is -0.481 e. The van der Waals surface area contributed by atoms with Crippen molar-refractivity contribution < 1.29 is 39.3 Å². The quantitative estimate of drug-likeness (QED) is 0.0640. The van der Waals surface area contributed by atoms with E-state index in [-0.39, 0.29) is 31.8 Å². The van der Waals surface area contributed by atoms with Crippen molar-refractivity contribution in [3.05, 3.63) is 0 Å². The van der Waals surface area contributed by atoms with Crippen LogP contribution in [0.3, 0.4) is 0 Å². The van der Waals surface area contributed by atoms with Crippen molar-refractivity contribution in [1.82, 2.24) is 16.0 Å². The lowest BCUT2D eigenvalue weighted by Gasteiger charge is -2.24. The lowest BCUT2D eigenvalue weighted by atomic mass is 10.1. The van der Waals surface area contributed by atoms with Gasteiger partial charge in [0.05, 0.1) is 12.6 Å². The average molecular weight is 461 g/mol. The number of carbonyl (C=O) groups is 5. The minimum atomic E-state index is -1.65. The van der Waals surface area contributed by atoms with Gasteiger partial charge < -0.3 is 48.5 Å². The van der Waals surface area contributed by atoms with E-state index in [9.17, 15) is 24.0 Å². The Bertz CT molecular complexity index is 709. The molecule has 0 aliphatic carbocycles. The van der Waals surface area contributed by atoms with E-state index in [1.807, 2.05) is 5.32 Å². The average Bonchev–Trinajstić information content (AvgIpc) is 2.70. The number of aliphatic hydroxyl groups is 1. The third-order valence-corrected chi connectivity index (χ3v) is 4.07. The van der Waals surface area contributed by atoms with Gasteiger partial charge in [-0.2, -0.15) is 0 Å². The van der Waals surface area contributed by atoms with Gasteiger partial charge in [0.1, 0.15) is 18.1 Å². The summed E-state index contributed by atoms with van der Waals surface area (Å²) in [4.78, 5) is 62.8. The van der Waals surface area contributed by atoms with Crippen LogP contribution in [0.25, 0.3) is 0 Å². The molecule has 0 aliphatic rings. The molecule has 15 nitrogen and oxygen atoms in total. The number of amides is 3. The number of guanidine groups is 1. The molecule has 0 heterocycles. The SMILES string of the molecule is C[C@H](N)C(=O)N[C@@H](CCCN=C(N)N)C(=O)N[C@@H](CCC(=O)O)C(=O)N[C@@H](CO)C(=O)O. The Morgan fingerprint density at radius 2 is 1.38 bits per heavy atom. The van der Waals surface area contributed by atoms with Crippen LogP contribution in [0.15, 0.2) is 4.99 Å². The Balaban J connectivity index is 5.44. The first-order chi connectivity index (χ1) is 14.9. The van der Waals surface area contributed by atoms with Crippen molar-refractivity contribution in [2.24, 2.45) is 22.2 Å². The molecule has 4 atom stereocenters. The summed E-state index contributed by atoms with van der Waals surface area (Å²) in [6, 6.07) is -5.19. The topological polar surface area (TPSA) is 273 Å². The highest BCUT2D eigenvalue weighted by atomic mass is 16.4. The number of carboxylic acid groups (broad SMARTS) is 2. The highest BCUT2D eigenvalue weighted by molar-refractivity contribution is 5.94. The summed E-state index contributed by atoms with van der Waals surface area (Å²) in [7, 11) is 0. The Kier molecular flexibility index (Phi) is 13.0. The van der Waals surface area contributed by atoms with Crippen molar-refractivity contribution in [2.45, 2.75) is 56.8 Å².